The largest absolute Gasteiger partial charge is 0.679 e. The monoisotopic (exact) mass is 278 g/mol. The molecule has 0 rings (SSSR count). The number of hydrogen-bond donors (Lipinski definition) is 0. The van der Waals surface area contributed by atoms with E-state index in [2.05, 4.69) is 6.58 Å². The summed E-state index contributed by atoms with van der Waals surface area (Å²) >= 11 is 0. The van der Waals surface area contributed by atoms with Gasteiger partial charge in [0.15, 0.2) is 0 Å². The Labute approximate surface area is 112 Å². The van der Waals surface area contributed by atoms with Crippen LogP contribution in [0.1, 0.15) is 33.6 Å². The molecule has 0 radical (unpaired) electrons. The van der Waals surface area contributed by atoms with E-state index in [9.17, 15) is 0 Å². The summed E-state index contributed by atoms with van der Waals surface area (Å²) in [5.41, 5.74) is 0. The van der Waals surface area contributed by atoms with Gasteiger partial charge in [-0.05, 0) is 33.6 Å². The van der Waals surface area contributed by atoms with Crippen molar-refractivity contribution in [1.29, 1.82) is 0 Å². The number of unbranched alkanes of at least 4 members (excludes halogenated alkanes) is 1. The van der Waals surface area contributed by atoms with Gasteiger partial charge in [0.2, 0.25) is 0 Å². The molecule has 0 fully saturated rings. The second-order valence-corrected chi connectivity index (χ2v) is 5.55. The van der Waals surface area contributed by atoms with Gasteiger partial charge < -0.3 is 22.4 Å². The topological polar surface area (TPSA) is 46.2 Å². The van der Waals surface area contributed by atoms with E-state index in [0.29, 0.717) is 33.0 Å². The van der Waals surface area contributed by atoms with Crippen LogP contribution in [0.4, 0.5) is 0 Å². The SMILES string of the molecule is C=COCCCCO[Si](OCC)(OCC)OCC. The van der Waals surface area contributed by atoms with Crippen LogP contribution in [-0.4, -0.2) is 42.1 Å². The molecule has 0 atom stereocenters. The first-order valence-corrected chi connectivity index (χ1v) is 8.16. The minimum absolute atomic E-state index is 0.520. The quantitative estimate of drug-likeness (QED) is 0.294. The Hall–Kier alpha value is -0.403. The highest BCUT2D eigenvalue weighted by molar-refractivity contribution is 6.53. The van der Waals surface area contributed by atoms with Gasteiger partial charge >= 0.3 is 9.05 Å². The van der Waals surface area contributed by atoms with Crippen molar-refractivity contribution in [3.05, 3.63) is 12.8 Å². The Morgan fingerprint density at radius 2 is 1.33 bits per heavy atom. The maximum atomic E-state index is 5.72. The predicted octanol–water partition coefficient (Wildman–Crippen LogP) is 2.49. The summed E-state index contributed by atoms with van der Waals surface area (Å²) in [4.78, 5) is 0. The summed E-state index contributed by atoms with van der Waals surface area (Å²) in [5.74, 6) is 0. The smallest absolute Gasteiger partial charge is 0.502 e. The lowest BCUT2D eigenvalue weighted by Gasteiger charge is -2.26. The van der Waals surface area contributed by atoms with Gasteiger partial charge in [-0.15, -0.1) is 0 Å². The zero-order valence-corrected chi connectivity index (χ0v) is 12.8. The highest BCUT2D eigenvalue weighted by atomic mass is 28.4. The number of hydrogen-bond acceptors (Lipinski definition) is 5. The second-order valence-electron chi connectivity index (χ2n) is 3.39. The van der Waals surface area contributed by atoms with E-state index in [1.54, 1.807) is 0 Å². The van der Waals surface area contributed by atoms with E-state index in [1.807, 2.05) is 20.8 Å². The van der Waals surface area contributed by atoms with E-state index in [4.69, 9.17) is 22.4 Å². The van der Waals surface area contributed by atoms with Crippen LogP contribution in [0.5, 0.6) is 0 Å². The summed E-state index contributed by atoms with van der Waals surface area (Å²) in [5, 5.41) is 0. The standard InChI is InChI=1S/C12H26O5Si/c1-5-13-11-9-10-12-17-18(14-6-2,15-7-3)16-8-4/h5H,1,6-12H2,2-4H3. The molecule has 0 N–H and O–H groups in total. The molecular weight excluding hydrogens is 252 g/mol. The minimum atomic E-state index is -2.92. The van der Waals surface area contributed by atoms with E-state index < -0.39 is 9.05 Å². The maximum absolute atomic E-state index is 5.72. The molecule has 0 amide bonds. The molecule has 0 aromatic carbocycles. The normalized spacial score (nSPS) is 11.5. The van der Waals surface area contributed by atoms with Gasteiger partial charge in [-0.2, -0.15) is 0 Å². The third-order valence-corrected chi connectivity index (χ3v) is 4.50. The summed E-state index contributed by atoms with van der Waals surface area (Å²) in [6.07, 6.45) is 3.22. The van der Waals surface area contributed by atoms with E-state index in [1.165, 1.54) is 6.26 Å². The Morgan fingerprint density at radius 1 is 0.833 bits per heavy atom. The van der Waals surface area contributed by atoms with Gasteiger partial charge in [-0.3, -0.25) is 0 Å². The van der Waals surface area contributed by atoms with Crippen LogP contribution in [-0.2, 0) is 22.4 Å². The van der Waals surface area contributed by atoms with Crippen LogP contribution < -0.4 is 0 Å². The van der Waals surface area contributed by atoms with Crippen molar-refractivity contribution in [3.8, 4) is 0 Å². The molecule has 0 saturated carbocycles. The van der Waals surface area contributed by atoms with Gasteiger partial charge in [0.1, 0.15) is 0 Å². The molecule has 5 nitrogen and oxygen atoms in total. The third kappa shape index (κ3) is 7.83. The van der Waals surface area contributed by atoms with Crippen LogP contribution in [0.2, 0.25) is 0 Å². The number of rotatable bonds is 13. The Kier molecular flexibility index (Phi) is 11.4. The fraction of sp³-hybridized carbons (Fsp3) is 0.833. The van der Waals surface area contributed by atoms with Crippen molar-refractivity contribution in [2.24, 2.45) is 0 Å². The Balaban J connectivity index is 4.00. The fourth-order valence-corrected chi connectivity index (χ4v) is 3.30. The van der Waals surface area contributed by atoms with Crippen molar-refractivity contribution in [3.63, 3.8) is 0 Å². The molecule has 0 aliphatic heterocycles. The van der Waals surface area contributed by atoms with Crippen molar-refractivity contribution in [2.45, 2.75) is 33.6 Å². The van der Waals surface area contributed by atoms with Gasteiger partial charge in [0, 0.05) is 26.4 Å². The zero-order chi connectivity index (χ0) is 13.7. The summed E-state index contributed by atoms with van der Waals surface area (Å²) in [6.45, 7) is 12.0. The summed E-state index contributed by atoms with van der Waals surface area (Å²) in [7, 11) is -2.92. The molecule has 0 unspecified atom stereocenters. The maximum Gasteiger partial charge on any atom is 0.679 e. The van der Waals surface area contributed by atoms with Crippen molar-refractivity contribution in [2.75, 3.05) is 33.0 Å². The van der Waals surface area contributed by atoms with Crippen molar-refractivity contribution in [1.82, 2.24) is 0 Å². The highest BCUT2D eigenvalue weighted by Gasteiger charge is 2.44. The van der Waals surface area contributed by atoms with E-state index in [-0.39, 0.29) is 0 Å². The fourth-order valence-electron chi connectivity index (χ4n) is 1.35. The molecule has 6 heteroatoms. The first-order valence-electron chi connectivity index (χ1n) is 6.53. The molecule has 0 aromatic rings. The summed E-state index contributed by atoms with van der Waals surface area (Å²) in [6, 6.07) is 0. The van der Waals surface area contributed by atoms with Crippen LogP contribution in [0, 0.1) is 0 Å². The van der Waals surface area contributed by atoms with Gasteiger partial charge in [0.05, 0.1) is 12.9 Å². The van der Waals surface area contributed by atoms with Crippen molar-refractivity contribution < 1.29 is 22.4 Å². The lowest BCUT2D eigenvalue weighted by molar-refractivity contribution is -0.0284. The van der Waals surface area contributed by atoms with E-state index in [0.717, 1.165) is 12.8 Å². The zero-order valence-electron chi connectivity index (χ0n) is 11.8. The lowest BCUT2D eigenvalue weighted by Crippen LogP contribution is -2.49. The second kappa shape index (κ2) is 11.7. The van der Waals surface area contributed by atoms with Crippen LogP contribution in [0.25, 0.3) is 0 Å². The molecule has 0 aromatic heterocycles. The Bertz CT molecular complexity index is 184. The molecule has 0 aliphatic rings. The average molecular weight is 278 g/mol. The van der Waals surface area contributed by atoms with Gasteiger partial charge in [-0.1, -0.05) is 6.58 Å². The van der Waals surface area contributed by atoms with Crippen LogP contribution in [0.3, 0.4) is 0 Å². The molecule has 18 heavy (non-hydrogen) atoms. The first-order chi connectivity index (χ1) is 8.74. The molecule has 0 heterocycles. The van der Waals surface area contributed by atoms with Crippen molar-refractivity contribution >= 4 is 9.05 Å². The van der Waals surface area contributed by atoms with E-state index >= 15 is 0 Å². The summed E-state index contributed by atoms with van der Waals surface area (Å²) < 4.78 is 27.4. The van der Waals surface area contributed by atoms with Gasteiger partial charge in [-0.25, -0.2) is 0 Å². The predicted molar refractivity (Wildman–Crippen MR) is 72.0 cm³/mol. The van der Waals surface area contributed by atoms with Gasteiger partial charge in [0.25, 0.3) is 0 Å². The molecule has 0 aliphatic carbocycles. The number of ether oxygens (including phenoxy) is 1. The molecular formula is C12H26O5Si. The van der Waals surface area contributed by atoms with Crippen LogP contribution >= 0.6 is 0 Å². The minimum Gasteiger partial charge on any atom is -0.502 e. The first kappa shape index (κ1) is 17.6. The van der Waals surface area contributed by atoms with Crippen LogP contribution in [0.15, 0.2) is 12.8 Å². The lowest BCUT2D eigenvalue weighted by atomic mass is 10.3. The molecule has 0 spiro atoms. The molecule has 108 valence electrons. The molecule has 0 saturated heterocycles. The average Bonchev–Trinajstić information content (AvgIpc) is 2.35. The molecule has 0 bridgehead atoms. The Morgan fingerprint density at radius 3 is 1.78 bits per heavy atom. The third-order valence-electron chi connectivity index (χ3n) is 2.02. The highest BCUT2D eigenvalue weighted by Crippen LogP contribution is 2.12.